The average molecular weight is 244 g/mol. The summed E-state index contributed by atoms with van der Waals surface area (Å²) < 4.78 is 13.6. The molecule has 3 N–H and O–H groups in total. The molecule has 0 spiro atoms. The second kappa shape index (κ2) is 5.19. The Labute approximate surface area is 107 Å². The van der Waals surface area contributed by atoms with Crippen LogP contribution in [-0.2, 0) is 6.54 Å². The maximum Gasteiger partial charge on any atom is 0.129 e. The number of rotatable bonds is 3. The van der Waals surface area contributed by atoms with Crippen molar-refractivity contribution < 1.29 is 4.39 Å². The van der Waals surface area contributed by atoms with E-state index >= 15 is 0 Å². The minimum absolute atomic E-state index is 0.180. The number of hydrogen-bond acceptors (Lipinski definition) is 2. The van der Waals surface area contributed by atoms with E-state index in [1.54, 1.807) is 6.07 Å². The number of benzene rings is 2. The molecule has 0 bridgehead atoms. The van der Waals surface area contributed by atoms with Crippen molar-refractivity contribution in [2.45, 2.75) is 20.4 Å². The van der Waals surface area contributed by atoms with Crippen molar-refractivity contribution in [1.29, 1.82) is 0 Å². The SMILES string of the molecule is Cc1ccc(Nc2cccc(F)c2CN)c(C)c1. The smallest absolute Gasteiger partial charge is 0.129 e. The van der Waals surface area contributed by atoms with Gasteiger partial charge in [0.15, 0.2) is 0 Å². The third-order valence-electron chi connectivity index (χ3n) is 2.97. The van der Waals surface area contributed by atoms with Crippen molar-refractivity contribution in [3.8, 4) is 0 Å². The molecule has 0 saturated heterocycles. The van der Waals surface area contributed by atoms with Gasteiger partial charge in [0.1, 0.15) is 5.82 Å². The molecule has 0 atom stereocenters. The Morgan fingerprint density at radius 1 is 1.11 bits per heavy atom. The van der Waals surface area contributed by atoms with E-state index in [2.05, 4.69) is 11.4 Å². The minimum Gasteiger partial charge on any atom is -0.355 e. The summed E-state index contributed by atoms with van der Waals surface area (Å²) >= 11 is 0. The number of nitrogens with one attached hydrogen (secondary N) is 1. The van der Waals surface area contributed by atoms with Gasteiger partial charge < -0.3 is 11.1 Å². The van der Waals surface area contributed by atoms with Gasteiger partial charge in [-0.05, 0) is 37.6 Å². The van der Waals surface area contributed by atoms with Crippen molar-refractivity contribution >= 4 is 11.4 Å². The van der Waals surface area contributed by atoms with Gasteiger partial charge in [-0.2, -0.15) is 0 Å². The van der Waals surface area contributed by atoms with Crippen LogP contribution in [-0.4, -0.2) is 0 Å². The van der Waals surface area contributed by atoms with Crippen molar-refractivity contribution in [3.05, 3.63) is 58.9 Å². The van der Waals surface area contributed by atoms with Crippen molar-refractivity contribution in [3.63, 3.8) is 0 Å². The lowest BCUT2D eigenvalue weighted by molar-refractivity contribution is 0.611. The van der Waals surface area contributed by atoms with Gasteiger partial charge in [0.05, 0.1) is 0 Å². The molecule has 0 radical (unpaired) electrons. The second-order valence-electron chi connectivity index (χ2n) is 4.41. The first-order valence-electron chi connectivity index (χ1n) is 5.93. The van der Waals surface area contributed by atoms with Crippen LogP contribution in [0.5, 0.6) is 0 Å². The molecule has 0 aromatic heterocycles. The van der Waals surface area contributed by atoms with E-state index in [1.807, 2.05) is 32.0 Å². The van der Waals surface area contributed by atoms with Crippen LogP contribution < -0.4 is 11.1 Å². The Morgan fingerprint density at radius 2 is 1.89 bits per heavy atom. The van der Waals surface area contributed by atoms with Crippen LogP contribution in [0.3, 0.4) is 0 Å². The van der Waals surface area contributed by atoms with E-state index in [9.17, 15) is 4.39 Å². The van der Waals surface area contributed by atoms with Crippen molar-refractivity contribution in [2.75, 3.05) is 5.32 Å². The van der Waals surface area contributed by atoms with Crippen molar-refractivity contribution in [1.82, 2.24) is 0 Å². The van der Waals surface area contributed by atoms with Crippen LogP contribution in [0.4, 0.5) is 15.8 Å². The monoisotopic (exact) mass is 244 g/mol. The molecule has 2 aromatic rings. The van der Waals surface area contributed by atoms with E-state index < -0.39 is 0 Å². The summed E-state index contributed by atoms with van der Waals surface area (Å²) in [4.78, 5) is 0. The quantitative estimate of drug-likeness (QED) is 0.865. The molecule has 2 aromatic carbocycles. The molecular formula is C15H17FN2. The minimum atomic E-state index is -0.271. The lowest BCUT2D eigenvalue weighted by Gasteiger charge is -2.14. The third kappa shape index (κ3) is 2.51. The van der Waals surface area contributed by atoms with Gasteiger partial charge in [0, 0.05) is 23.5 Å². The maximum absolute atomic E-state index is 13.6. The summed E-state index contributed by atoms with van der Waals surface area (Å²) in [7, 11) is 0. The Morgan fingerprint density at radius 3 is 2.56 bits per heavy atom. The topological polar surface area (TPSA) is 38.0 Å². The Bertz CT molecular complexity index is 564. The largest absolute Gasteiger partial charge is 0.355 e. The summed E-state index contributed by atoms with van der Waals surface area (Å²) in [6.07, 6.45) is 0. The molecule has 0 fully saturated rings. The molecular weight excluding hydrogens is 227 g/mol. The predicted molar refractivity (Wildman–Crippen MR) is 73.5 cm³/mol. The molecule has 0 saturated carbocycles. The molecule has 2 nitrogen and oxygen atoms in total. The summed E-state index contributed by atoms with van der Waals surface area (Å²) in [6, 6.07) is 11.1. The Balaban J connectivity index is 2.37. The molecule has 3 heteroatoms. The number of hydrogen-bond donors (Lipinski definition) is 2. The highest BCUT2D eigenvalue weighted by molar-refractivity contribution is 5.66. The standard InChI is InChI=1S/C15H17FN2/c1-10-6-7-14(11(2)8-10)18-15-5-3-4-13(16)12(15)9-17/h3-8,18H,9,17H2,1-2H3. The van der Waals surface area contributed by atoms with Crippen LogP contribution in [0.2, 0.25) is 0 Å². The molecule has 94 valence electrons. The summed E-state index contributed by atoms with van der Waals surface area (Å²) in [5.74, 6) is -0.271. The van der Waals surface area contributed by atoms with E-state index in [0.717, 1.165) is 16.9 Å². The van der Waals surface area contributed by atoms with Gasteiger partial charge in [-0.15, -0.1) is 0 Å². The van der Waals surface area contributed by atoms with E-state index in [0.29, 0.717) is 5.56 Å². The van der Waals surface area contributed by atoms with Gasteiger partial charge in [-0.1, -0.05) is 23.8 Å². The Kier molecular flexibility index (Phi) is 3.63. The molecule has 0 aliphatic carbocycles. The first-order valence-corrected chi connectivity index (χ1v) is 5.93. The highest BCUT2D eigenvalue weighted by Gasteiger charge is 2.07. The zero-order valence-corrected chi connectivity index (χ0v) is 10.6. The number of aryl methyl sites for hydroxylation is 2. The van der Waals surface area contributed by atoms with E-state index in [-0.39, 0.29) is 12.4 Å². The van der Waals surface area contributed by atoms with Crippen molar-refractivity contribution in [2.24, 2.45) is 5.73 Å². The first kappa shape index (κ1) is 12.6. The summed E-state index contributed by atoms with van der Waals surface area (Å²) in [5, 5.41) is 3.24. The van der Waals surface area contributed by atoms with E-state index in [4.69, 9.17) is 5.73 Å². The highest BCUT2D eigenvalue weighted by Crippen LogP contribution is 2.25. The molecule has 2 rings (SSSR count). The lowest BCUT2D eigenvalue weighted by Crippen LogP contribution is -2.05. The van der Waals surface area contributed by atoms with Crippen LogP contribution in [0, 0.1) is 19.7 Å². The number of nitrogens with two attached hydrogens (primary N) is 1. The number of halogens is 1. The lowest BCUT2D eigenvalue weighted by atomic mass is 10.1. The van der Waals surface area contributed by atoms with Crippen LogP contribution in [0.15, 0.2) is 36.4 Å². The van der Waals surface area contributed by atoms with Crippen LogP contribution in [0.1, 0.15) is 16.7 Å². The second-order valence-corrected chi connectivity index (χ2v) is 4.41. The zero-order chi connectivity index (χ0) is 13.1. The molecule has 0 amide bonds. The normalized spacial score (nSPS) is 10.4. The fourth-order valence-corrected chi connectivity index (χ4v) is 1.98. The molecule has 0 heterocycles. The zero-order valence-electron chi connectivity index (χ0n) is 10.6. The third-order valence-corrected chi connectivity index (χ3v) is 2.97. The summed E-state index contributed by atoms with van der Waals surface area (Å²) in [5.41, 5.74) is 10.1. The van der Waals surface area contributed by atoms with Crippen LogP contribution in [0.25, 0.3) is 0 Å². The highest BCUT2D eigenvalue weighted by atomic mass is 19.1. The molecule has 18 heavy (non-hydrogen) atoms. The fraction of sp³-hybridized carbons (Fsp3) is 0.200. The van der Waals surface area contributed by atoms with Gasteiger partial charge in [0.25, 0.3) is 0 Å². The van der Waals surface area contributed by atoms with Gasteiger partial charge in [-0.3, -0.25) is 0 Å². The van der Waals surface area contributed by atoms with E-state index in [1.165, 1.54) is 11.6 Å². The predicted octanol–water partition coefficient (Wildman–Crippen LogP) is 3.64. The first-order chi connectivity index (χ1) is 8.61. The molecule has 0 unspecified atom stereocenters. The fourth-order valence-electron chi connectivity index (χ4n) is 1.98. The Hall–Kier alpha value is -1.87. The molecule has 0 aliphatic rings. The maximum atomic E-state index is 13.6. The van der Waals surface area contributed by atoms with Gasteiger partial charge >= 0.3 is 0 Å². The number of anilines is 2. The molecule has 0 aliphatic heterocycles. The average Bonchev–Trinajstić information content (AvgIpc) is 2.33. The van der Waals surface area contributed by atoms with Gasteiger partial charge in [-0.25, -0.2) is 4.39 Å². The summed E-state index contributed by atoms with van der Waals surface area (Å²) in [6.45, 7) is 4.25. The van der Waals surface area contributed by atoms with Gasteiger partial charge in [0.2, 0.25) is 0 Å². The van der Waals surface area contributed by atoms with Crippen LogP contribution >= 0.6 is 0 Å².